The van der Waals surface area contributed by atoms with E-state index in [4.69, 9.17) is 21.3 Å². The number of carbonyl (C=O) groups excluding carboxylic acids is 2. The molecule has 0 aliphatic rings. The van der Waals surface area contributed by atoms with E-state index in [0.29, 0.717) is 0 Å². The Morgan fingerprint density at radius 3 is 1.96 bits per heavy atom. The van der Waals surface area contributed by atoms with Gasteiger partial charge in [0.1, 0.15) is 11.5 Å². The Labute approximate surface area is 133 Å². The van der Waals surface area contributed by atoms with Crippen LogP contribution in [-0.4, -0.2) is 39.4 Å². The maximum Gasteiger partial charge on any atom is 0.352 e. The minimum atomic E-state index is -2.88. The lowest BCUT2D eigenvalue weighted by atomic mass is 9.88. The summed E-state index contributed by atoms with van der Waals surface area (Å²) in [7, 11) is 0. The summed E-state index contributed by atoms with van der Waals surface area (Å²) < 4.78 is 5.13. The third-order valence-corrected chi connectivity index (χ3v) is 2.95. The highest BCUT2D eigenvalue weighted by Gasteiger charge is 2.48. The zero-order valence-electron chi connectivity index (χ0n) is 13.1. The van der Waals surface area contributed by atoms with Gasteiger partial charge in [-0.3, -0.25) is 15.3 Å². The van der Waals surface area contributed by atoms with Gasteiger partial charge in [-0.1, -0.05) is 12.1 Å². The van der Waals surface area contributed by atoms with Crippen molar-refractivity contribution in [1.29, 1.82) is 0 Å². The van der Waals surface area contributed by atoms with Gasteiger partial charge in [-0.15, -0.1) is 0 Å². The van der Waals surface area contributed by atoms with Crippen molar-refractivity contribution in [2.75, 3.05) is 0 Å². The topological polar surface area (TPSA) is 153 Å². The molecule has 0 bridgehead atoms. The number of benzene rings is 1. The van der Waals surface area contributed by atoms with Crippen LogP contribution in [0.4, 0.5) is 0 Å². The Morgan fingerprint density at radius 2 is 1.61 bits per heavy atom. The van der Waals surface area contributed by atoms with E-state index in [-0.39, 0.29) is 11.1 Å². The zero-order chi connectivity index (χ0) is 18.0. The number of aliphatic carboxylic acids is 1. The van der Waals surface area contributed by atoms with Gasteiger partial charge in [0.2, 0.25) is 11.6 Å². The smallest absolute Gasteiger partial charge is 0.352 e. The molecule has 0 spiro atoms. The number of hydrogen-bond donors (Lipinski definition) is 4. The highest BCUT2D eigenvalue weighted by Crippen LogP contribution is 2.29. The fourth-order valence-corrected chi connectivity index (χ4v) is 1.89. The van der Waals surface area contributed by atoms with Crippen molar-refractivity contribution in [2.45, 2.75) is 38.0 Å². The molecular formula is C15H20N2O6. The highest BCUT2D eigenvalue weighted by atomic mass is 16.6. The van der Waals surface area contributed by atoms with E-state index in [2.05, 4.69) is 0 Å². The number of ether oxygens (including phenoxy) is 1. The zero-order valence-corrected chi connectivity index (χ0v) is 13.1. The number of esters is 1. The molecule has 0 aliphatic heterocycles. The lowest BCUT2D eigenvalue weighted by Gasteiger charge is -2.30. The van der Waals surface area contributed by atoms with Crippen molar-refractivity contribution in [1.82, 2.24) is 0 Å². The van der Waals surface area contributed by atoms with Gasteiger partial charge in [-0.25, -0.2) is 4.79 Å². The Hall–Kier alpha value is -2.45. The van der Waals surface area contributed by atoms with Crippen LogP contribution in [0.3, 0.4) is 0 Å². The molecule has 1 aromatic carbocycles. The van der Waals surface area contributed by atoms with Gasteiger partial charge < -0.3 is 20.7 Å². The lowest BCUT2D eigenvalue weighted by molar-refractivity contribution is -0.175. The Bertz CT molecular complexity index is 616. The van der Waals surface area contributed by atoms with Gasteiger partial charge in [-0.05, 0) is 38.5 Å². The van der Waals surface area contributed by atoms with E-state index < -0.39 is 35.1 Å². The standard InChI is InChI=1S/C15H20N2O6/c1-14(2,3)23-12(19)10(15(17,22)13(20)21)8-4-6-9(7-5-8)11(16)18/h4-7,10,22H,17H2,1-3H3,(H2,16,18)(H,20,21)/t10-,15-/m1/s1. The molecule has 0 unspecified atom stereocenters. The first-order valence-corrected chi connectivity index (χ1v) is 6.73. The van der Waals surface area contributed by atoms with Gasteiger partial charge in [0.15, 0.2) is 0 Å². The third kappa shape index (κ3) is 4.51. The van der Waals surface area contributed by atoms with E-state index >= 15 is 0 Å². The number of carboxylic acid groups (broad SMARTS) is 1. The molecule has 0 heterocycles. The van der Waals surface area contributed by atoms with Gasteiger partial charge >= 0.3 is 11.9 Å². The fraction of sp³-hybridized carbons (Fsp3) is 0.400. The highest BCUT2D eigenvalue weighted by molar-refractivity contribution is 5.93. The Morgan fingerprint density at radius 1 is 1.13 bits per heavy atom. The summed E-state index contributed by atoms with van der Waals surface area (Å²) in [6.07, 6.45) is 0. The molecule has 8 nitrogen and oxygen atoms in total. The van der Waals surface area contributed by atoms with Crippen molar-refractivity contribution in [2.24, 2.45) is 11.5 Å². The van der Waals surface area contributed by atoms with Crippen LogP contribution in [0.1, 0.15) is 42.6 Å². The van der Waals surface area contributed by atoms with Crippen LogP contribution in [0, 0.1) is 0 Å². The number of amides is 1. The number of carbonyl (C=O) groups is 3. The average Bonchev–Trinajstić information content (AvgIpc) is 2.36. The molecule has 0 saturated heterocycles. The SMILES string of the molecule is CC(C)(C)OC(=O)[C@@H](c1ccc(C(N)=O)cc1)[C@@](N)(O)C(=O)O. The summed E-state index contributed by atoms with van der Waals surface area (Å²) in [5, 5.41) is 19.1. The molecule has 1 aromatic rings. The van der Waals surface area contributed by atoms with Crippen LogP contribution in [0.25, 0.3) is 0 Å². The van der Waals surface area contributed by atoms with Gasteiger partial charge in [0.25, 0.3) is 0 Å². The van der Waals surface area contributed by atoms with Crippen LogP contribution < -0.4 is 11.5 Å². The number of aliphatic hydroxyl groups is 1. The van der Waals surface area contributed by atoms with E-state index in [1.165, 1.54) is 24.3 Å². The summed E-state index contributed by atoms with van der Waals surface area (Å²) >= 11 is 0. The second-order valence-corrected chi connectivity index (χ2v) is 6.08. The van der Waals surface area contributed by atoms with E-state index in [1.54, 1.807) is 20.8 Å². The molecule has 6 N–H and O–H groups in total. The number of primary amides is 1. The second kappa shape index (κ2) is 6.35. The van der Waals surface area contributed by atoms with E-state index in [0.717, 1.165) is 0 Å². The molecule has 0 aromatic heterocycles. The molecule has 1 amide bonds. The largest absolute Gasteiger partial charge is 0.478 e. The molecule has 2 atom stereocenters. The van der Waals surface area contributed by atoms with Crippen molar-refractivity contribution < 1.29 is 29.3 Å². The second-order valence-electron chi connectivity index (χ2n) is 6.08. The van der Waals surface area contributed by atoms with Crippen LogP contribution in [-0.2, 0) is 14.3 Å². The molecule has 23 heavy (non-hydrogen) atoms. The van der Waals surface area contributed by atoms with Crippen molar-refractivity contribution in [3.8, 4) is 0 Å². The minimum absolute atomic E-state index is 0.0802. The van der Waals surface area contributed by atoms with Crippen molar-refractivity contribution >= 4 is 17.8 Å². The molecule has 0 radical (unpaired) electrons. The normalized spacial score (nSPS) is 15.3. The summed E-state index contributed by atoms with van der Waals surface area (Å²) in [6.45, 7) is 4.78. The van der Waals surface area contributed by atoms with Gasteiger partial charge in [-0.2, -0.15) is 0 Å². The average molecular weight is 324 g/mol. The van der Waals surface area contributed by atoms with Crippen LogP contribution in [0.5, 0.6) is 0 Å². The number of hydrogen-bond acceptors (Lipinski definition) is 6. The summed E-state index contributed by atoms with van der Waals surface area (Å²) in [5.41, 5.74) is 6.99. The fourth-order valence-electron chi connectivity index (χ4n) is 1.89. The predicted molar refractivity (Wildman–Crippen MR) is 80.3 cm³/mol. The first-order chi connectivity index (χ1) is 10.4. The van der Waals surface area contributed by atoms with E-state index in [1.807, 2.05) is 0 Å². The maximum absolute atomic E-state index is 12.3. The van der Waals surface area contributed by atoms with Crippen LogP contribution >= 0.6 is 0 Å². The molecule has 0 fully saturated rings. The Balaban J connectivity index is 3.32. The molecule has 8 heteroatoms. The number of carboxylic acids is 1. The van der Waals surface area contributed by atoms with Crippen LogP contribution in [0.15, 0.2) is 24.3 Å². The molecular weight excluding hydrogens is 304 g/mol. The number of nitrogens with two attached hydrogens (primary N) is 2. The number of rotatable bonds is 5. The molecule has 0 aliphatic carbocycles. The van der Waals surface area contributed by atoms with E-state index in [9.17, 15) is 19.5 Å². The molecule has 1 rings (SSSR count). The van der Waals surface area contributed by atoms with Gasteiger partial charge in [0.05, 0.1) is 0 Å². The predicted octanol–water partition coefficient (Wildman–Crippen LogP) is -0.0573. The Kier molecular flexibility index (Phi) is 5.13. The monoisotopic (exact) mass is 324 g/mol. The van der Waals surface area contributed by atoms with Crippen molar-refractivity contribution in [3.05, 3.63) is 35.4 Å². The van der Waals surface area contributed by atoms with Crippen LogP contribution in [0.2, 0.25) is 0 Å². The maximum atomic E-state index is 12.3. The summed E-state index contributed by atoms with van der Waals surface area (Å²) in [6, 6.07) is 5.17. The first kappa shape index (κ1) is 18.6. The first-order valence-electron chi connectivity index (χ1n) is 6.73. The molecule has 0 saturated carbocycles. The van der Waals surface area contributed by atoms with Crippen molar-refractivity contribution in [3.63, 3.8) is 0 Å². The lowest BCUT2D eigenvalue weighted by Crippen LogP contribution is -2.56. The van der Waals surface area contributed by atoms with Gasteiger partial charge in [0, 0.05) is 5.56 Å². The summed E-state index contributed by atoms with van der Waals surface area (Å²) in [5.74, 6) is -5.16. The third-order valence-electron chi connectivity index (χ3n) is 2.95. The quantitative estimate of drug-likeness (QED) is 0.437. The summed E-state index contributed by atoms with van der Waals surface area (Å²) in [4.78, 5) is 34.6. The minimum Gasteiger partial charge on any atom is -0.478 e. The molecule has 126 valence electrons.